The summed E-state index contributed by atoms with van der Waals surface area (Å²) < 4.78 is 5.67. The van der Waals surface area contributed by atoms with Gasteiger partial charge in [0.2, 0.25) is 11.8 Å². The van der Waals surface area contributed by atoms with E-state index in [1.807, 2.05) is 6.92 Å². The highest BCUT2D eigenvalue weighted by Crippen LogP contribution is 2.34. The Labute approximate surface area is 126 Å². The minimum Gasteiger partial charge on any atom is -0.424 e. The van der Waals surface area contributed by atoms with Crippen LogP contribution in [0.5, 0.6) is 0 Å². The second-order valence-electron chi connectivity index (χ2n) is 6.49. The van der Waals surface area contributed by atoms with Crippen LogP contribution in [0.4, 0.5) is 0 Å². The van der Waals surface area contributed by atoms with E-state index in [1.54, 1.807) is 0 Å². The zero-order valence-electron chi connectivity index (χ0n) is 13.0. The van der Waals surface area contributed by atoms with E-state index in [2.05, 4.69) is 15.1 Å². The Morgan fingerprint density at radius 3 is 2.62 bits per heavy atom. The summed E-state index contributed by atoms with van der Waals surface area (Å²) in [5.74, 6) is 1.87. The molecule has 1 aliphatic heterocycles. The molecule has 5 nitrogen and oxygen atoms in total. The fraction of sp³-hybridized carbons (Fsp3) is 0.875. The summed E-state index contributed by atoms with van der Waals surface area (Å²) in [5.41, 5.74) is 0. The van der Waals surface area contributed by atoms with E-state index in [-0.39, 0.29) is 6.10 Å². The molecule has 5 heteroatoms. The van der Waals surface area contributed by atoms with Crippen LogP contribution in [0.25, 0.3) is 0 Å². The van der Waals surface area contributed by atoms with Gasteiger partial charge in [0.15, 0.2) is 0 Å². The average molecular weight is 293 g/mol. The number of hydrogen-bond acceptors (Lipinski definition) is 5. The molecule has 118 valence electrons. The molecule has 0 spiro atoms. The lowest BCUT2D eigenvalue weighted by atomic mass is 9.78. The van der Waals surface area contributed by atoms with Crippen LogP contribution < -0.4 is 0 Å². The third kappa shape index (κ3) is 3.46. The molecule has 1 saturated heterocycles. The van der Waals surface area contributed by atoms with Crippen molar-refractivity contribution in [2.24, 2.45) is 5.92 Å². The van der Waals surface area contributed by atoms with Crippen molar-refractivity contribution < 1.29 is 9.52 Å². The van der Waals surface area contributed by atoms with E-state index in [0.717, 1.165) is 44.1 Å². The van der Waals surface area contributed by atoms with Gasteiger partial charge in [-0.2, -0.15) is 0 Å². The normalized spacial score (nSPS) is 31.4. The molecule has 21 heavy (non-hydrogen) atoms. The monoisotopic (exact) mass is 293 g/mol. The van der Waals surface area contributed by atoms with Gasteiger partial charge in [-0.15, -0.1) is 10.2 Å². The zero-order chi connectivity index (χ0) is 14.7. The van der Waals surface area contributed by atoms with Crippen LogP contribution in [0.15, 0.2) is 4.42 Å². The molecule has 2 fully saturated rings. The van der Waals surface area contributed by atoms with Gasteiger partial charge in [-0.1, -0.05) is 26.2 Å². The SMILES string of the molecule is CCc1nnc(CN2CCCCC2C2CCCCC2O)o1. The van der Waals surface area contributed by atoms with Crippen molar-refractivity contribution in [3.63, 3.8) is 0 Å². The average Bonchev–Trinajstić information content (AvgIpc) is 2.96. The summed E-state index contributed by atoms with van der Waals surface area (Å²) >= 11 is 0. The lowest BCUT2D eigenvalue weighted by molar-refractivity contribution is -0.0113. The number of rotatable bonds is 4. The molecule has 1 saturated carbocycles. The number of likely N-dealkylation sites (tertiary alicyclic amines) is 1. The van der Waals surface area contributed by atoms with Crippen LogP contribution >= 0.6 is 0 Å². The molecule has 0 amide bonds. The maximum Gasteiger partial charge on any atom is 0.230 e. The summed E-state index contributed by atoms with van der Waals surface area (Å²) in [4.78, 5) is 2.47. The molecule has 2 aliphatic rings. The van der Waals surface area contributed by atoms with E-state index in [9.17, 15) is 5.11 Å². The van der Waals surface area contributed by atoms with E-state index in [4.69, 9.17) is 4.42 Å². The molecule has 1 aliphatic carbocycles. The van der Waals surface area contributed by atoms with Crippen LogP contribution in [0.1, 0.15) is 63.7 Å². The van der Waals surface area contributed by atoms with E-state index < -0.39 is 0 Å². The minimum absolute atomic E-state index is 0.127. The quantitative estimate of drug-likeness (QED) is 0.924. The number of aliphatic hydroxyl groups excluding tert-OH is 1. The molecule has 3 atom stereocenters. The molecule has 0 aromatic carbocycles. The van der Waals surface area contributed by atoms with Gasteiger partial charge in [0, 0.05) is 18.4 Å². The standard InChI is InChI=1S/C16H27N3O2/c1-2-15-17-18-16(21-15)11-19-10-6-5-8-13(19)12-7-3-4-9-14(12)20/h12-14,20H,2-11H2,1H3. The lowest BCUT2D eigenvalue weighted by Crippen LogP contribution is -2.48. The molecule has 3 unspecified atom stereocenters. The number of aromatic nitrogens is 2. The lowest BCUT2D eigenvalue weighted by Gasteiger charge is -2.43. The molecular formula is C16H27N3O2. The van der Waals surface area contributed by atoms with Gasteiger partial charge >= 0.3 is 0 Å². The van der Waals surface area contributed by atoms with Crippen LogP contribution in [0.3, 0.4) is 0 Å². The van der Waals surface area contributed by atoms with Gasteiger partial charge in [0.05, 0.1) is 12.6 Å². The van der Waals surface area contributed by atoms with Crippen molar-refractivity contribution in [2.75, 3.05) is 6.54 Å². The van der Waals surface area contributed by atoms with Gasteiger partial charge < -0.3 is 9.52 Å². The highest BCUT2D eigenvalue weighted by molar-refractivity contribution is 4.91. The molecular weight excluding hydrogens is 266 g/mol. The first-order chi connectivity index (χ1) is 10.3. The largest absolute Gasteiger partial charge is 0.424 e. The van der Waals surface area contributed by atoms with E-state index >= 15 is 0 Å². The Balaban J connectivity index is 1.68. The predicted octanol–water partition coefficient (Wildman–Crippen LogP) is 2.54. The molecule has 0 radical (unpaired) electrons. The van der Waals surface area contributed by atoms with Crippen molar-refractivity contribution in [1.29, 1.82) is 0 Å². The first kappa shape index (κ1) is 15.0. The van der Waals surface area contributed by atoms with Gasteiger partial charge in [0.25, 0.3) is 0 Å². The van der Waals surface area contributed by atoms with E-state index in [1.165, 1.54) is 32.1 Å². The Bertz CT molecular complexity index is 448. The first-order valence-corrected chi connectivity index (χ1v) is 8.51. The molecule has 2 heterocycles. The Hall–Kier alpha value is -0.940. The fourth-order valence-corrected chi connectivity index (χ4v) is 3.96. The van der Waals surface area contributed by atoms with Gasteiger partial charge in [0.1, 0.15) is 0 Å². The van der Waals surface area contributed by atoms with Crippen molar-refractivity contribution in [1.82, 2.24) is 15.1 Å². The number of piperidine rings is 1. The second-order valence-corrected chi connectivity index (χ2v) is 6.49. The predicted molar refractivity (Wildman–Crippen MR) is 79.7 cm³/mol. The second kappa shape index (κ2) is 6.88. The summed E-state index contributed by atoms with van der Waals surface area (Å²) in [7, 11) is 0. The van der Waals surface area contributed by atoms with Gasteiger partial charge in [-0.3, -0.25) is 4.90 Å². The Morgan fingerprint density at radius 2 is 1.86 bits per heavy atom. The maximum absolute atomic E-state index is 10.4. The highest BCUT2D eigenvalue weighted by atomic mass is 16.4. The van der Waals surface area contributed by atoms with Crippen molar-refractivity contribution >= 4 is 0 Å². The zero-order valence-corrected chi connectivity index (χ0v) is 13.0. The van der Waals surface area contributed by atoms with Crippen molar-refractivity contribution in [2.45, 2.75) is 77.0 Å². The van der Waals surface area contributed by atoms with Gasteiger partial charge in [-0.25, -0.2) is 0 Å². The third-order valence-electron chi connectivity index (χ3n) is 5.09. The molecule has 0 bridgehead atoms. The number of hydrogen-bond donors (Lipinski definition) is 1. The summed E-state index contributed by atoms with van der Waals surface area (Å²) in [6.45, 7) is 3.85. The van der Waals surface area contributed by atoms with E-state index in [0.29, 0.717) is 12.0 Å². The van der Waals surface area contributed by atoms with Crippen LogP contribution in [0, 0.1) is 5.92 Å². The smallest absolute Gasteiger partial charge is 0.230 e. The molecule has 1 aromatic heterocycles. The Kier molecular flexibility index (Phi) is 4.91. The summed E-state index contributed by atoms with van der Waals surface area (Å²) in [6, 6.07) is 0.478. The molecule has 3 rings (SSSR count). The van der Waals surface area contributed by atoms with Crippen LogP contribution in [-0.2, 0) is 13.0 Å². The van der Waals surface area contributed by atoms with Crippen LogP contribution in [0.2, 0.25) is 0 Å². The van der Waals surface area contributed by atoms with Crippen LogP contribution in [-0.4, -0.2) is 38.9 Å². The fourth-order valence-electron chi connectivity index (χ4n) is 3.96. The Morgan fingerprint density at radius 1 is 1.10 bits per heavy atom. The number of aryl methyl sites for hydroxylation is 1. The summed E-state index contributed by atoms with van der Waals surface area (Å²) in [5, 5.41) is 18.6. The minimum atomic E-state index is -0.127. The third-order valence-corrected chi connectivity index (χ3v) is 5.09. The first-order valence-electron chi connectivity index (χ1n) is 8.51. The molecule has 1 aromatic rings. The maximum atomic E-state index is 10.4. The van der Waals surface area contributed by atoms with Crippen molar-refractivity contribution in [3.8, 4) is 0 Å². The van der Waals surface area contributed by atoms with Gasteiger partial charge in [-0.05, 0) is 32.2 Å². The number of aliphatic hydroxyl groups is 1. The topological polar surface area (TPSA) is 62.4 Å². The molecule has 1 N–H and O–H groups in total. The highest BCUT2D eigenvalue weighted by Gasteiger charge is 2.36. The number of nitrogens with zero attached hydrogens (tertiary/aromatic N) is 3. The van der Waals surface area contributed by atoms with Crippen molar-refractivity contribution in [3.05, 3.63) is 11.8 Å². The summed E-state index contributed by atoms with van der Waals surface area (Å²) in [6.07, 6.45) is 8.91.